The van der Waals surface area contributed by atoms with Gasteiger partial charge >= 0.3 is 5.97 Å². The third-order valence-electron chi connectivity index (χ3n) is 3.12. The van der Waals surface area contributed by atoms with Gasteiger partial charge in [-0.1, -0.05) is 6.07 Å². The number of hydrogen-bond acceptors (Lipinski definition) is 3. The Hall–Kier alpha value is -1.07. The topological polar surface area (TPSA) is 49.8 Å². The lowest BCUT2D eigenvalue weighted by Gasteiger charge is -2.24. The molecule has 0 radical (unpaired) electrons. The van der Waals surface area contributed by atoms with E-state index in [-0.39, 0.29) is 6.10 Å². The molecule has 5 heteroatoms. The molecule has 0 amide bonds. The fourth-order valence-electron chi connectivity index (χ4n) is 2.23. The van der Waals surface area contributed by atoms with Crippen molar-refractivity contribution in [2.24, 2.45) is 0 Å². The summed E-state index contributed by atoms with van der Waals surface area (Å²) in [4.78, 5) is 13.2. The van der Waals surface area contributed by atoms with Gasteiger partial charge in [0.15, 0.2) is 0 Å². The van der Waals surface area contributed by atoms with Crippen LogP contribution in [0.5, 0.6) is 0 Å². The Morgan fingerprint density at radius 3 is 3.00 bits per heavy atom. The van der Waals surface area contributed by atoms with Crippen LogP contribution in [0, 0.1) is 0 Å². The Morgan fingerprint density at radius 2 is 2.39 bits per heavy atom. The molecule has 1 fully saturated rings. The zero-order valence-electron chi connectivity index (χ0n) is 10.2. The van der Waals surface area contributed by atoms with Crippen LogP contribution in [0.4, 0.5) is 5.69 Å². The molecular formula is C13H16BrNO3. The third-order valence-corrected chi connectivity index (χ3v) is 3.78. The summed E-state index contributed by atoms with van der Waals surface area (Å²) in [6.07, 6.45) is 2.33. The molecule has 18 heavy (non-hydrogen) atoms. The molecule has 2 rings (SSSR count). The normalized spacial score (nSPS) is 18.9. The highest BCUT2D eigenvalue weighted by Crippen LogP contribution is 2.28. The molecule has 0 aliphatic carbocycles. The maximum absolute atomic E-state index is 11.3. The minimum absolute atomic E-state index is 0.204. The highest BCUT2D eigenvalue weighted by Gasteiger charge is 2.21. The van der Waals surface area contributed by atoms with Crippen molar-refractivity contribution in [1.82, 2.24) is 0 Å². The molecule has 1 aliphatic heterocycles. The van der Waals surface area contributed by atoms with Gasteiger partial charge in [-0.25, -0.2) is 4.79 Å². The van der Waals surface area contributed by atoms with Gasteiger partial charge in [-0.15, -0.1) is 0 Å². The number of halogens is 1. The van der Waals surface area contributed by atoms with E-state index in [4.69, 9.17) is 4.74 Å². The second-order valence-corrected chi connectivity index (χ2v) is 5.31. The van der Waals surface area contributed by atoms with Crippen LogP contribution in [0.25, 0.3) is 0 Å². The zero-order valence-corrected chi connectivity index (χ0v) is 11.8. The molecule has 0 saturated carbocycles. The lowest BCUT2D eigenvalue weighted by atomic mass is 10.1. The summed E-state index contributed by atoms with van der Waals surface area (Å²) in [7, 11) is 1.90. The molecule has 1 unspecified atom stereocenters. The van der Waals surface area contributed by atoms with Crippen molar-refractivity contribution >= 4 is 27.6 Å². The van der Waals surface area contributed by atoms with Crippen molar-refractivity contribution in [1.29, 1.82) is 0 Å². The summed E-state index contributed by atoms with van der Waals surface area (Å²) >= 11 is 3.29. The van der Waals surface area contributed by atoms with Crippen molar-refractivity contribution in [3.05, 3.63) is 28.2 Å². The first-order valence-corrected chi connectivity index (χ1v) is 6.73. The van der Waals surface area contributed by atoms with Crippen molar-refractivity contribution in [2.75, 3.05) is 25.1 Å². The molecule has 1 aromatic rings. The highest BCUT2D eigenvalue weighted by molar-refractivity contribution is 9.10. The van der Waals surface area contributed by atoms with Gasteiger partial charge in [-0.05, 0) is 40.9 Å². The number of benzene rings is 1. The van der Waals surface area contributed by atoms with Gasteiger partial charge in [0.1, 0.15) is 0 Å². The first-order chi connectivity index (χ1) is 8.59. The largest absolute Gasteiger partial charge is 0.478 e. The van der Waals surface area contributed by atoms with Crippen LogP contribution in [0.1, 0.15) is 23.2 Å². The van der Waals surface area contributed by atoms with Crippen LogP contribution in [-0.4, -0.2) is 37.4 Å². The number of anilines is 1. The minimum Gasteiger partial charge on any atom is -0.478 e. The molecule has 1 aliphatic rings. The van der Waals surface area contributed by atoms with E-state index in [1.54, 1.807) is 6.07 Å². The Morgan fingerprint density at radius 1 is 1.61 bits per heavy atom. The first kappa shape index (κ1) is 13.4. The summed E-state index contributed by atoms with van der Waals surface area (Å²) in [5, 5.41) is 9.27. The van der Waals surface area contributed by atoms with Crippen molar-refractivity contribution < 1.29 is 14.6 Å². The number of likely N-dealkylation sites (N-methyl/N-ethyl adjacent to an activating group) is 1. The van der Waals surface area contributed by atoms with E-state index in [1.807, 2.05) is 24.1 Å². The van der Waals surface area contributed by atoms with E-state index in [9.17, 15) is 9.90 Å². The summed E-state index contributed by atoms with van der Waals surface area (Å²) < 4.78 is 6.18. The second-order valence-electron chi connectivity index (χ2n) is 4.45. The van der Waals surface area contributed by atoms with Gasteiger partial charge in [0.2, 0.25) is 0 Å². The lowest BCUT2D eigenvalue weighted by molar-refractivity contribution is 0.0696. The maximum atomic E-state index is 11.3. The Balaban J connectivity index is 2.20. The van der Waals surface area contributed by atoms with Gasteiger partial charge in [0, 0.05) is 24.7 Å². The van der Waals surface area contributed by atoms with E-state index in [1.165, 1.54) is 0 Å². The summed E-state index contributed by atoms with van der Waals surface area (Å²) in [5.41, 5.74) is 1.02. The van der Waals surface area contributed by atoms with Crippen LogP contribution < -0.4 is 4.90 Å². The summed E-state index contributed by atoms with van der Waals surface area (Å²) in [6, 6.07) is 5.41. The second kappa shape index (κ2) is 5.71. The number of nitrogens with zero attached hydrogens (tertiary/aromatic N) is 1. The van der Waals surface area contributed by atoms with Crippen LogP contribution in [0.3, 0.4) is 0 Å². The van der Waals surface area contributed by atoms with E-state index >= 15 is 0 Å². The smallest absolute Gasteiger partial charge is 0.338 e. The van der Waals surface area contributed by atoms with Crippen LogP contribution in [0.15, 0.2) is 22.7 Å². The number of rotatable bonds is 4. The average molecular weight is 314 g/mol. The Bertz CT molecular complexity index is 444. The molecule has 0 bridgehead atoms. The first-order valence-electron chi connectivity index (χ1n) is 5.94. The molecule has 1 atom stereocenters. The number of hydrogen-bond donors (Lipinski definition) is 1. The predicted octanol–water partition coefficient (Wildman–Crippen LogP) is 2.76. The van der Waals surface area contributed by atoms with Gasteiger partial charge in [-0.3, -0.25) is 0 Å². The fourth-order valence-corrected chi connectivity index (χ4v) is 2.76. The van der Waals surface area contributed by atoms with Crippen LogP contribution in [0.2, 0.25) is 0 Å². The minimum atomic E-state index is -0.920. The van der Waals surface area contributed by atoms with Crippen molar-refractivity contribution in [3.8, 4) is 0 Å². The van der Waals surface area contributed by atoms with Gasteiger partial charge in [0.25, 0.3) is 0 Å². The van der Waals surface area contributed by atoms with Crippen LogP contribution in [-0.2, 0) is 4.74 Å². The molecule has 1 N–H and O–H groups in total. The Labute approximate surface area is 115 Å². The number of ether oxygens (including phenoxy) is 1. The van der Waals surface area contributed by atoms with E-state index in [0.29, 0.717) is 15.7 Å². The van der Waals surface area contributed by atoms with Crippen molar-refractivity contribution in [2.45, 2.75) is 18.9 Å². The molecule has 1 heterocycles. The molecule has 4 nitrogen and oxygen atoms in total. The number of carboxylic acids is 1. The van der Waals surface area contributed by atoms with Gasteiger partial charge in [-0.2, -0.15) is 0 Å². The van der Waals surface area contributed by atoms with Gasteiger partial charge in [0.05, 0.1) is 17.4 Å². The molecule has 0 spiro atoms. The lowest BCUT2D eigenvalue weighted by Crippen LogP contribution is -2.29. The molecule has 98 valence electrons. The van der Waals surface area contributed by atoms with E-state index in [0.717, 1.165) is 26.0 Å². The summed E-state index contributed by atoms with van der Waals surface area (Å²) in [6.45, 7) is 1.53. The summed E-state index contributed by atoms with van der Waals surface area (Å²) in [5.74, 6) is -0.920. The molecule has 1 saturated heterocycles. The number of carbonyl (C=O) groups is 1. The average Bonchev–Trinajstić information content (AvgIpc) is 2.80. The molecular weight excluding hydrogens is 298 g/mol. The quantitative estimate of drug-likeness (QED) is 0.928. The van der Waals surface area contributed by atoms with Crippen LogP contribution >= 0.6 is 15.9 Å². The third kappa shape index (κ3) is 2.84. The standard InChI is InChI=1S/C13H16BrNO3/c1-15(8-9-4-3-7-18-9)11-6-2-5-10(14)12(11)13(16)17/h2,5-6,9H,3-4,7-8H2,1H3,(H,16,17). The maximum Gasteiger partial charge on any atom is 0.338 e. The van der Waals surface area contributed by atoms with Crippen molar-refractivity contribution in [3.63, 3.8) is 0 Å². The molecule has 1 aromatic carbocycles. The van der Waals surface area contributed by atoms with E-state index in [2.05, 4.69) is 15.9 Å². The Kier molecular flexibility index (Phi) is 4.24. The predicted molar refractivity (Wildman–Crippen MR) is 73.3 cm³/mol. The SMILES string of the molecule is CN(CC1CCCO1)c1cccc(Br)c1C(=O)O. The van der Waals surface area contributed by atoms with Gasteiger partial charge < -0.3 is 14.7 Å². The molecule has 0 aromatic heterocycles. The highest BCUT2D eigenvalue weighted by atomic mass is 79.9. The number of carboxylic acid groups (broad SMARTS) is 1. The number of aromatic carboxylic acids is 1. The van der Waals surface area contributed by atoms with E-state index < -0.39 is 5.97 Å². The fraction of sp³-hybridized carbons (Fsp3) is 0.462. The zero-order chi connectivity index (χ0) is 13.1. The monoisotopic (exact) mass is 313 g/mol.